The van der Waals surface area contributed by atoms with Crippen molar-refractivity contribution in [3.63, 3.8) is 0 Å². The van der Waals surface area contributed by atoms with Crippen LogP contribution >= 0.6 is 0 Å². The molecule has 0 aromatic heterocycles. The molecule has 19 heavy (non-hydrogen) atoms. The molecular weight excluding hydrogens is 230 g/mol. The lowest BCUT2D eigenvalue weighted by Gasteiger charge is -2.27. The minimum Gasteiger partial charge on any atom is -0.313 e. The molecule has 1 aliphatic rings. The molecule has 1 saturated carbocycles. The van der Waals surface area contributed by atoms with Crippen LogP contribution in [0.3, 0.4) is 0 Å². The van der Waals surface area contributed by atoms with Crippen molar-refractivity contribution in [2.45, 2.75) is 59.4 Å². The first kappa shape index (κ1) is 14.6. The molecule has 1 heteroatoms. The van der Waals surface area contributed by atoms with Gasteiger partial charge in [-0.1, -0.05) is 32.0 Å². The monoisotopic (exact) mass is 259 g/mol. The predicted octanol–water partition coefficient (Wildman–Crippen LogP) is 4.26. The Morgan fingerprint density at radius 1 is 1.21 bits per heavy atom. The summed E-state index contributed by atoms with van der Waals surface area (Å²) in [5.74, 6) is 1.78. The third-order valence-corrected chi connectivity index (χ3v) is 4.73. The Morgan fingerprint density at radius 2 is 1.84 bits per heavy atom. The largest absolute Gasteiger partial charge is 0.313 e. The topological polar surface area (TPSA) is 12.0 Å². The van der Waals surface area contributed by atoms with Crippen molar-refractivity contribution in [2.75, 3.05) is 6.54 Å². The second kappa shape index (κ2) is 6.56. The maximum absolute atomic E-state index is 3.79. The van der Waals surface area contributed by atoms with Gasteiger partial charge in [0, 0.05) is 6.04 Å². The zero-order valence-electron chi connectivity index (χ0n) is 13.0. The highest BCUT2D eigenvalue weighted by Gasteiger charge is 2.33. The molecule has 0 spiro atoms. The second-order valence-corrected chi connectivity index (χ2v) is 6.33. The van der Waals surface area contributed by atoms with E-state index in [1.54, 1.807) is 5.56 Å². The minimum absolute atomic E-state index is 0.646. The molecule has 1 aromatic carbocycles. The molecule has 2 atom stereocenters. The van der Waals surface area contributed by atoms with Crippen LogP contribution in [0.15, 0.2) is 18.2 Å². The molecule has 0 amide bonds. The normalized spacial score (nSPS) is 18.3. The average molecular weight is 259 g/mol. The van der Waals surface area contributed by atoms with Gasteiger partial charge in [-0.3, -0.25) is 0 Å². The lowest BCUT2D eigenvalue weighted by molar-refractivity contribution is 0.339. The van der Waals surface area contributed by atoms with Crippen LogP contribution in [0.4, 0.5) is 0 Å². The van der Waals surface area contributed by atoms with Crippen molar-refractivity contribution in [3.05, 3.63) is 34.9 Å². The number of nitrogens with one attached hydrogen (secondary N) is 1. The zero-order chi connectivity index (χ0) is 13.8. The molecule has 106 valence electrons. The third-order valence-electron chi connectivity index (χ3n) is 4.73. The molecule has 2 unspecified atom stereocenters. The first-order valence-electron chi connectivity index (χ1n) is 7.92. The zero-order valence-corrected chi connectivity index (χ0v) is 13.0. The SMILES string of the molecule is CCCNC(Cc1c(C)cccc1C)C(C)C1CC1. The van der Waals surface area contributed by atoms with E-state index >= 15 is 0 Å². The van der Waals surface area contributed by atoms with Gasteiger partial charge in [-0.25, -0.2) is 0 Å². The lowest BCUT2D eigenvalue weighted by atomic mass is 9.88. The maximum Gasteiger partial charge on any atom is 0.0136 e. The molecule has 0 radical (unpaired) electrons. The van der Waals surface area contributed by atoms with Crippen LogP contribution < -0.4 is 5.32 Å². The van der Waals surface area contributed by atoms with Gasteiger partial charge in [0.1, 0.15) is 0 Å². The van der Waals surface area contributed by atoms with Crippen LogP contribution in [0.1, 0.15) is 49.8 Å². The Bertz CT molecular complexity index is 386. The Labute approximate surface area is 118 Å². The van der Waals surface area contributed by atoms with Gasteiger partial charge in [0.15, 0.2) is 0 Å². The molecule has 1 aromatic rings. The van der Waals surface area contributed by atoms with Gasteiger partial charge in [0.2, 0.25) is 0 Å². The maximum atomic E-state index is 3.79. The molecular formula is C18H29N. The summed E-state index contributed by atoms with van der Waals surface area (Å²) in [5.41, 5.74) is 4.46. The van der Waals surface area contributed by atoms with E-state index in [2.05, 4.69) is 51.2 Å². The van der Waals surface area contributed by atoms with Crippen molar-refractivity contribution in [1.29, 1.82) is 0 Å². The number of benzene rings is 1. The Balaban J connectivity index is 2.09. The van der Waals surface area contributed by atoms with Gasteiger partial charge in [0.25, 0.3) is 0 Å². The van der Waals surface area contributed by atoms with Crippen molar-refractivity contribution >= 4 is 0 Å². The summed E-state index contributed by atoms with van der Waals surface area (Å²) in [6, 6.07) is 7.32. The van der Waals surface area contributed by atoms with E-state index in [1.165, 1.54) is 36.8 Å². The van der Waals surface area contributed by atoms with Gasteiger partial charge in [0.05, 0.1) is 0 Å². The van der Waals surface area contributed by atoms with Gasteiger partial charge in [-0.15, -0.1) is 0 Å². The van der Waals surface area contributed by atoms with Crippen LogP contribution in [0.5, 0.6) is 0 Å². The molecule has 0 saturated heterocycles. The fraction of sp³-hybridized carbons (Fsp3) is 0.667. The summed E-state index contributed by atoms with van der Waals surface area (Å²) in [7, 11) is 0. The Kier molecular flexibility index (Phi) is 5.04. The Hall–Kier alpha value is -0.820. The van der Waals surface area contributed by atoms with Gasteiger partial charge in [-0.2, -0.15) is 0 Å². The first-order chi connectivity index (χ1) is 9.13. The van der Waals surface area contributed by atoms with Gasteiger partial charge >= 0.3 is 0 Å². The predicted molar refractivity (Wildman–Crippen MR) is 83.6 cm³/mol. The van der Waals surface area contributed by atoms with E-state index in [0.717, 1.165) is 18.4 Å². The molecule has 1 aliphatic carbocycles. The molecule has 0 heterocycles. The third kappa shape index (κ3) is 3.82. The van der Waals surface area contributed by atoms with Crippen molar-refractivity contribution in [3.8, 4) is 0 Å². The van der Waals surface area contributed by atoms with Crippen molar-refractivity contribution in [2.24, 2.45) is 11.8 Å². The van der Waals surface area contributed by atoms with Gasteiger partial charge < -0.3 is 5.32 Å². The average Bonchev–Trinajstić information content (AvgIpc) is 3.21. The second-order valence-electron chi connectivity index (χ2n) is 6.33. The van der Waals surface area contributed by atoms with E-state index in [9.17, 15) is 0 Å². The minimum atomic E-state index is 0.646. The van der Waals surface area contributed by atoms with Crippen LogP contribution in [0, 0.1) is 25.7 Å². The van der Waals surface area contributed by atoms with Crippen LogP contribution in [0.2, 0.25) is 0 Å². The van der Waals surface area contributed by atoms with Crippen LogP contribution in [-0.2, 0) is 6.42 Å². The van der Waals surface area contributed by atoms with E-state index in [4.69, 9.17) is 0 Å². The summed E-state index contributed by atoms with van der Waals surface area (Å²) >= 11 is 0. The fourth-order valence-corrected chi connectivity index (χ4v) is 3.12. The number of rotatable bonds is 7. The van der Waals surface area contributed by atoms with Crippen LogP contribution in [0.25, 0.3) is 0 Å². The molecule has 2 rings (SSSR count). The summed E-state index contributed by atoms with van der Waals surface area (Å²) in [6.45, 7) is 10.3. The van der Waals surface area contributed by atoms with Crippen LogP contribution in [-0.4, -0.2) is 12.6 Å². The highest BCUT2D eigenvalue weighted by molar-refractivity contribution is 5.34. The van der Waals surface area contributed by atoms with Gasteiger partial charge in [-0.05, 0) is 74.6 Å². The molecule has 0 aliphatic heterocycles. The van der Waals surface area contributed by atoms with Crippen molar-refractivity contribution < 1.29 is 0 Å². The highest BCUT2D eigenvalue weighted by atomic mass is 14.9. The molecule has 1 fully saturated rings. The smallest absolute Gasteiger partial charge is 0.0136 e. The van der Waals surface area contributed by atoms with E-state index in [-0.39, 0.29) is 0 Å². The lowest BCUT2D eigenvalue weighted by Crippen LogP contribution is -2.38. The molecule has 1 N–H and O–H groups in total. The Morgan fingerprint density at radius 3 is 2.37 bits per heavy atom. The fourth-order valence-electron chi connectivity index (χ4n) is 3.12. The first-order valence-corrected chi connectivity index (χ1v) is 7.92. The van der Waals surface area contributed by atoms with E-state index in [0.29, 0.717) is 6.04 Å². The quantitative estimate of drug-likeness (QED) is 0.771. The summed E-state index contributed by atoms with van der Waals surface area (Å²) < 4.78 is 0. The molecule has 1 nitrogen and oxygen atoms in total. The van der Waals surface area contributed by atoms with Crippen molar-refractivity contribution in [1.82, 2.24) is 5.32 Å². The van der Waals surface area contributed by atoms with E-state index in [1.807, 2.05) is 0 Å². The summed E-state index contributed by atoms with van der Waals surface area (Å²) in [4.78, 5) is 0. The standard InChI is InChI=1S/C18H29N/c1-5-11-19-18(15(4)16-9-10-16)12-17-13(2)7-6-8-14(17)3/h6-8,15-16,18-19H,5,9-12H2,1-4H3. The number of hydrogen-bond donors (Lipinski definition) is 1. The highest BCUT2D eigenvalue weighted by Crippen LogP contribution is 2.39. The summed E-state index contributed by atoms with van der Waals surface area (Å²) in [5, 5.41) is 3.79. The number of hydrogen-bond acceptors (Lipinski definition) is 1. The van der Waals surface area contributed by atoms with E-state index < -0.39 is 0 Å². The summed E-state index contributed by atoms with van der Waals surface area (Å²) in [6.07, 6.45) is 5.30. The molecule has 0 bridgehead atoms. The number of aryl methyl sites for hydroxylation is 2.